The van der Waals surface area contributed by atoms with Crippen molar-refractivity contribution in [2.24, 2.45) is 5.16 Å². The van der Waals surface area contributed by atoms with E-state index in [1.807, 2.05) is 98.8 Å². The van der Waals surface area contributed by atoms with E-state index in [1.165, 1.54) is 0 Å². The molecule has 0 N–H and O–H groups in total. The topological polar surface area (TPSA) is 68.2 Å². The Labute approximate surface area is 253 Å². The number of rotatable bonds is 7. The van der Waals surface area contributed by atoms with Gasteiger partial charge >= 0.3 is 5.97 Å². The van der Waals surface area contributed by atoms with Crippen molar-refractivity contribution in [3.63, 3.8) is 0 Å². The number of nitrogens with zero attached hydrogens (tertiary/aromatic N) is 2. The first-order chi connectivity index (χ1) is 20.4. The number of allylic oxidation sites excluding steroid dienone is 3. The largest absolute Gasteiger partial charge is 0.462 e. The maximum atomic E-state index is 13.4. The van der Waals surface area contributed by atoms with Gasteiger partial charge in [0.05, 0.1) is 17.9 Å². The number of halogens is 1. The van der Waals surface area contributed by atoms with E-state index in [1.54, 1.807) is 4.90 Å². The smallest absolute Gasteiger partial charge is 0.338 e. The fourth-order valence-corrected chi connectivity index (χ4v) is 5.06. The van der Waals surface area contributed by atoms with Crippen molar-refractivity contribution in [2.75, 3.05) is 13.2 Å². The average Bonchev–Trinajstić information content (AvgIpc) is 2.99. The molecule has 1 aliphatic rings. The van der Waals surface area contributed by atoms with Crippen LogP contribution in [0.3, 0.4) is 0 Å². The number of ether oxygens (including phenoxy) is 1. The molecular weight excluding hydrogens is 548 g/mol. The number of oxime groups is 1. The van der Waals surface area contributed by atoms with Crippen LogP contribution < -0.4 is 0 Å². The van der Waals surface area contributed by atoms with Gasteiger partial charge in [0, 0.05) is 24.5 Å². The zero-order valence-corrected chi connectivity index (χ0v) is 25.0. The highest BCUT2D eigenvalue weighted by atomic mass is 35.5. The third-order valence-electron chi connectivity index (χ3n) is 6.95. The van der Waals surface area contributed by atoms with E-state index in [4.69, 9.17) is 21.2 Å². The molecule has 7 heteroatoms. The Bertz CT molecular complexity index is 1410. The molecule has 0 radical (unpaired) electrons. The number of esters is 1. The molecule has 0 bridgehead atoms. The Kier molecular flexibility index (Phi) is 11.5. The fraction of sp³-hybridized carbons (Fsp3) is 0.286. The number of benzene rings is 3. The SMILES string of the molecule is Cc1cc(C)c2c(c1Cl)CC(=N/OCC(=O)N(Cc1ccccc1)Cc1ccccc1)/C=C/CC/C=C/CCOC2=O. The molecule has 1 amide bonds. The molecule has 3 aromatic carbocycles. The van der Waals surface area contributed by atoms with Crippen LogP contribution in [0.2, 0.25) is 5.02 Å². The molecule has 6 nitrogen and oxygen atoms in total. The first-order valence-corrected chi connectivity index (χ1v) is 14.6. The van der Waals surface area contributed by atoms with Crippen molar-refractivity contribution in [3.05, 3.63) is 129 Å². The molecule has 0 aromatic heterocycles. The maximum Gasteiger partial charge on any atom is 0.338 e. The summed E-state index contributed by atoms with van der Waals surface area (Å²) in [6, 6.07) is 21.6. The van der Waals surface area contributed by atoms with Crippen molar-refractivity contribution in [2.45, 2.75) is 52.6 Å². The van der Waals surface area contributed by atoms with E-state index in [9.17, 15) is 9.59 Å². The van der Waals surface area contributed by atoms with Crippen LogP contribution in [-0.2, 0) is 33.9 Å². The quantitative estimate of drug-likeness (QED) is 0.163. The first kappa shape index (κ1) is 30.8. The van der Waals surface area contributed by atoms with Gasteiger partial charge in [-0.1, -0.05) is 102 Å². The van der Waals surface area contributed by atoms with Crippen LogP contribution in [0.15, 0.2) is 96.2 Å². The molecule has 0 fully saturated rings. The second kappa shape index (κ2) is 15.7. The molecule has 1 heterocycles. The summed E-state index contributed by atoms with van der Waals surface area (Å²) in [5, 5.41) is 4.86. The van der Waals surface area contributed by atoms with Gasteiger partial charge in [-0.05, 0) is 67.0 Å². The Morgan fingerprint density at radius 3 is 2.19 bits per heavy atom. The lowest BCUT2D eigenvalue weighted by Crippen LogP contribution is -2.32. The molecule has 1 aliphatic heterocycles. The predicted molar refractivity (Wildman–Crippen MR) is 168 cm³/mol. The zero-order chi connectivity index (χ0) is 29.7. The van der Waals surface area contributed by atoms with Gasteiger partial charge in [0.1, 0.15) is 0 Å². The van der Waals surface area contributed by atoms with E-state index in [0.717, 1.165) is 35.1 Å². The predicted octanol–water partition coefficient (Wildman–Crippen LogP) is 7.55. The van der Waals surface area contributed by atoms with E-state index >= 15 is 0 Å². The molecule has 218 valence electrons. The van der Waals surface area contributed by atoms with E-state index in [0.29, 0.717) is 48.0 Å². The molecule has 4 rings (SSSR count). The second-order valence-corrected chi connectivity index (χ2v) is 10.7. The Morgan fingerprint density at radius 1 is 0.905 bits per heavy atom. The maximum absolute atomic E-state index is 13.4. The molecular formula is C35H37ClN2O4. The van der Waals surface area contributed by atoms with Gasteiger partial charge in [0.25, 0.3) is 5.91 Å². The third-order valence-corrected chi connectivity index (χ3v) is 7.48. The molecule has 3 aromatic rings. The summed E-state index contributed by atoms with van der Waals surface area (Å²) in [6.07, 6.45) is 10.6. The summed E-state index contributed by atoms with van der Waals surface area (Å²) < 4.78 is 5.57. The normalized spacial score (nSPS) is 16.5. The molecule has 0 unspecified atom stereocenters. The summed E-state index contributed by atoms with van der Waals surface area (Å²) in [7, 11) is 0. The zero-order valence-electron chi connectivity index (χ0n) is 24.2. The number of amides is 1. The molecule has 0 aliphatic carbocycles. The van der Waals surface area contributed by atoms with Crippen LogP contribution in [0, 0.1) is 13.8 Å². The van der Waals surface area contributed by atoms with Crippen LogP contribution in [0.5, 0.6) is 0 Å². The van der Waals surface area contributed by atoms with Crippen molar-refractivity contribution >= 4 is 29.2 Å². The number of fused-ring (bicyclic) bond motifs is 1. The summed E-state index contributed by atoms with van der Waals surface area (Å²) >= 11 is 6.75. The van der Waals surface area contributed by atoms with Gasteiger partial charge in [-0.15, -0.1) is 0 Å². The number of carbonyl (C=O) groups is 2. The lowest BCUT2D eigenvalue weighted by molar-refractivity contribution is -0.137. The molecule has 0 spiro atoms. The highest BCUT2D eigenvalue weighted by molar-refractivity contribution is 6.33. The van der Waals surface area contributed by atoms with Crippen molar-refractivity contribution in [1.29, 1.82) is 0 Å². The Hall–Kier alpha value is -4.16. The van der Waals surface area contributed by atoms with Crippen LogP contribution >= 0.6 is 11.6 Å². The molecule has 0 atom stereocenters. The van der Waals surface area contributed by atoms with Crippen molar-refractivity contribution in [1.82, 2.24) is 4.90 Å². The Balaban J connectivity index is 1.57. The van der Waals surface area contributed by atoms with E-state index in [-0.39, 0.29) is 18.9 Å². The molecule has 0 saturated heterocycles. The minimum atomic E-state index is -0.410. The summed E-state index contributed by atoms with van der Waals surface area (Å²) in [5.74, 6) is -0.595. The fourth-order valence-electron chi connectivity index (χ4n) is 4.84. The number of hydrogen-bond acceptors (Lipinski definition) is 5. The number of cyclic esters (lactones) is 1. The van der Waals surface area contributed by atoms with Gasteiger partial charge in [-0.3, -0.25) is 4.79 Å². The van der Waals surface area contributed by atoms with Gasteiger partial charge in [0.2, 0.25) is 0 Å². The van der Waals surface area contributed by atoms with Crippen molar-refractivity contribution in [3.8, 4) is 0 Å². The lowest BCUT2D eigenvalue weighted by atomic mass is 9.94. The number of hydrogen-bond donors (Lipinski definition) is 0. The van der Waals surface area contributed by atoms with Crippen LogP contribution in [0.25, 0.3) is 0 Å². The first-order valence-electron chi connectivity index (χ1n) is 14.2. The van der Waals surface area contributed by atoms with Gasteiger partial charge in [0.15, 0.2) is 6.61 Å². The Morgan fingerprint density at radius 2 is 1.52 bits per heavy atom. The van der Waals surface area contributed by atoms with Gasteiger partial charge < -0.3 is 14.5 Å². The standard InChI is InChI=1S/C35H37ClN2O4/c1-26-21-27(2)34(36)31-22-30(19-13-5-3-4-6-14-20-41-35(40)33(26)31)37-42-25-32(39)38(23-28-15-9-7-10-16-28)24-29-17-11-8-12-18-29/h4,6-13,15-19,21H,3,5,14,20,22-25H2,1-2H3/b6-4+,19-13+,37-30+. The van der Waals surface area contributed by atoms with Crippen LogP contribution in [0.1, 0.15) is 57.4 Å². The highest BCUT2D eigenvalue weighted by Crippen LogP contribution is 2.29. The van der Waals surface area contributed by atoms with Gasteiger partial charge in [-0.2, -0.15) is 0 Å². The minimum absolute atomic E-state index is 0.184. The lowest BCUT2D eigenvalue weighted by Gasteiger charge is -2.22. The number of carbonyl (C=O) groups excluding carboxylic acids is 2. The van der Waals surface area contributed by atoms with E-state index < -0.39 is 5.97 Å². The monoisotopic (exact) mass is 584 g/mol. The third kappa shape index (κ3) is 8.92. The second-order valence-electron chi connectivity index (χ2n) is 10.3. The summed E-state index contributed by atoms with van der Waals surface area (Å²) in [5.41, 5.74) is 5.35. The van der Waals surface area contributed by atoms with Crippen molar-refractivity contribution < 1.29 is 19.2 Å². The van der Waals surface area contributed by atoms with Crippen LogP contribution in [-0.4, -0.2) is 35.7 Å². The number of aryl methyl sites for hydroxylation is 2. The molecule has 0 saturated carbocycles. The highest BCUT2D eigenvalue weighted by Gasteiger charge is 2.22. The summed E-state index contributed by atoms with van der Waals surface area (Å²) in [4.78, 5) is 33.9. The minimum Gasteiger partial charge on any atom is -0.462 e. The van der Waals surface area contributed by atoms with E-state index in [2.05, 4.69) is 11.2 Å². The van der Waals surface area contributed by atoms with Crippen LogP contribution in [0.4, 0.5) is 0 Å². The molecule has 42 heavy (non-hydrogen) atoms. The van der Waals surface area contributed by atoms with Gasteiger partial charge in [-0.25, -0.2) is 4.79 Å². The summed E-state index contributed by atoms with van der Waals surface area (Å²) in [6.45, 7) is 4.76. The average molecular weight is 585 g/mol.